The Morgan fingerprint density at radius 2 is 1.61 bits per heavy atom. The highest BCUT2D eigenvalue weighted by atomic mass is 16.3. The van der Waals surface area contributed by atoms with E-state index in [4.69, 9.17) is 0 Å². The topological polar surface area (TPSA) is 74.6 Å². The number of ketones is 2. The van der Waals surface area contributed by atoms with E-state index in [2.05, 4.69) is 34.6 Å². The average Bonchev–Trinajstić information content (AvgIpc) is 3.06. The number of carbonyl (C=O) groups is 2. The fourth-order valence-electron chi connectivity index (χ4n) is 9.56. The van der Waals surface area contributed by atoms with Crippen LogP contribution in [0.15, 0.2) is 0 Å². The molecule has 4 nitrogen and oxygen atoms in total. The van der Waals surface area contributed by atoms with Gasteiger partial charge in [-0.25, -0.2) is 0 Å². The maximum absolute atomic E-state index is 13.8. The van der Waals surface area contributed by atoms with Crippen molar-refractivity contribution < 1.29 is 19.8 Å². The van der Waals surface area contributed by atoms with Gasteiger partial charge in [0.1, 0.15) is 11.6 Å². The Hall–Kier alpha value is -0.740. The molecule has 2 N–H and O–H groups in total. The monoisotopic (exact) mass is 432 g/mol. The SMILES string of the molecule is CC1(C)C(=O)CC[C@]2(C)[C@H]3CC(=O)[C@@H]4[C@@H]([C@](C)(O)CCCO)CC[C@@]4(C)[C@]3(C)CC[C@@H]12. The third-order valence-corrected chi connectivity index (χ3v) is 11.6. The summed E-state index contributed by atoms with van der Waals surface area (Å²) in [5.41, 5.74) is -1.26. The summed E-state index contributed by atoms with van der Waals surface area (Å²) >= 11 is 0. The van der Waals surface area contributed by atoms with E-state index in [-0.39, 0.29) is 40.1 Å². The smallest absolute Gasteiger partial charge is 0.138 e. The molecule has 4 fully saturated rings. The van der Waals surface area contributed by atoms with E-state index < -0.39 is 5.60 Å². The second kappa shape index (κ2) is 7.13. The summed E-state index contributed by atoms with van der Waals surface area (Å²) in [7, 11) is 0. The van der Waals surface area contributed by atoms with E-state index in [0.29, 0.717) is 49.1 Å². The summed E-state index contributed by atoms with van der Waals surface area (Å²) in [5, 5.41) is 20.6. The van der Waals surface area contributed by atoms with Crippen LogP contribution in [0.3, 0.4) is 0 Å². The molecule has 0 aromatic heterocycles. The fourth-order valence-corrected chi connectivity index (χ4v) is 9.56. The Kier molecular flexibility index (Phi) is 5.38. The lowest BCUT2D eigenvalue weighted by Crippen LogP contribution is -2.65. The molecule has 0 unspecified atom stereocenters. The molecule has 0 aliphatic heterocycles. The minimum atomic E-state index is -0.912. The van der Waals surface area contributed by atoms with Crippen LogP contribution in [0.4, 0.5) is 0 Å². The summed E-state index contributed by atoms with van der Waals surface area (Å²) in [6.45, 7) is 13.4. The molecule has 0 aromatic rings. The molecule has 0 aromatic carbocycles. The normalized spacial score (nSPS) is 48.5. The van der Waals surface area contributed by atoms with Crippen molar-refractivity contribution in [2.24, 2.45) is 45.3 Å². The molecule has 0 amide bonds. The number of rotatable bonds is 4. The molecule has 0 saturated heterocycles. The van der Waals surface area contributed by atoms with E-state index in [1.165, 1.54) is 0 Å². The second-order valence-electron chi connectivity index (χ2n) is 13.1. The summed E-state index contributed by atoms with van der Waals surface area (Å²) in [5.74, 6) is 1.27. The molecule has 0 bridgehead atoms. The first-order chi connectivity index (χ1) is 14.3. The number of fused-ring (bicyclic) bond motifs is 5. The highest BCUT2D eigenvalue weighted by molar-refractivity contribution is 5.86. The predicted molar refractivity (Wildman–Crippen MR) is 121 cm³/mol. The lowest BCUT2D eigenvalue weighted by atomic mass is 9.35. The third-order valence-electron chi connectivity index (χ3n) is 11.6. The number of aliphatic hydroxyl groups excluding tert-OH is 1. The van der Waals surface area contributed by atoms with Crippen LogP contribution in [-0.2, 0) is 9.59 Å². The number of aliphatic hydroxyl groups is 2. The summed E-state index contributed by atoms with van der Waals surface area (Å²) in [6.07, 6.45) is 7.27. The zero-order valence-corrected chi connectivity index (χ0v) is 20.6. The average molecular weight is 433 g/mol. The van der Waals surface area contributed by atoms with E-state index in [1.54, 1.807) is 0 Å². The molecule has 0 heterocycles. The van der Waals surface area contributed by atoms with Crippen LogP contribution < -0.4 is 0 Å². The van der Waals surface area contributed by atoms with E-state index in [0.717, 1.165) is 32.1 Å². The van der Waals surface area contributed by atoms with Gasteiger partial charge in [-0.05, 0) is 85.9 Å². The highest BCUT2D eigenvalue weighted by Gasteiger charge is 2.71. The molecule has 176 valence electrons. The summed E-state index contributed by atoms with van der Waals surface area (Å²) < 4.78 is 0. The number of Topliss-reactive ketones (excluding diaryl/α,β-unsaturated/α-hetero) is 2. The van der Waals surface area contributed by atoms with E-state index >= 15 is 0 Å². The quantitative estimate of drug-likeness (QED) is 0.660. The van der Waals surface area contributed by atoms with Crippen molar-refractivity contribution in [3.05, 3.63) is 0 Å². The van der Waals surface area contributed by atoms with Crippen LogP contribution in [0.5, 0.6) is 0 Å². The predicted octanol–water partition coefficient (Wildman–Crippen LogP) is 4.94. The standard InChI is InChI=1S/C27H44O4/c1-23(2)19-9-14-25(4)20(24(19,3)12-10-21(23)30)16-18(29)22-17(8-13-26(22,25)5)27(6,31)11-7-15-28/h17,19-20,22,28,31H,7-16H2,1-6H3/t17-,19-,20+,22-,24-,25+,26+,27+/m0/s1. The Morgan fingerprint density at radius 3 is 2.26 bits per heavy atom. The molecule has 4 rings (SSSR count). The van der Waals surface area contributed by atoms with Gasteiger partial charge in [0.15, 0.2) is 0 Å². The molecule has 31 heavy (non-hydrogen) atoms. The van der Waals surface area contributed by atoms with Crippen molar-refractivity contribution in [2.45, 2.75) is 105 Å². The molecule has 0 spiro atoms. The van der Waals surface area contributed by atoms with Crippen LogP contribution in [0.25, 0.3) is 0 Å². The summed E-state index contributed by atoms with van der Waals surface area (Å²) in [4.78, 5) is 26.6. The van der Waals surface area contributed by atoms with Crippen molar-refractivity contribution >= 4 is 11.6 Å². The first-order valence-corrected chi connectivity index (χ1v) is 12.6. The number of hydrogen-bond donors (Lipinski definition) is 2. The Labute approximate surface area is 188 Å². The Bertz CT molecular complexity index is 769. The lowest BCUT2D eigenvalue weighted by molar-refractivity contribution is -0.205. The Balaban J connectivity index is 1.72. The second-order valence-corrected chi connectivity index (χ2v) is 13.1. The number of carbonyl (C=O) groups excluding carboxylic acids is 2. The van der Waals surface area contributed by atoms with Crippen LogP contribution >= 0.6 is 0 Å². The van der Waals surface area contributed by atoms with Gasteiger partial charge in [-0.1, -0.05) is 34.6 Å². The van der Waals surface area contributed by atoms with Gasteiger partial charge in [-0.15, -0.1) is 0 Å². The van der Waals surface area contributed by atoms with Gasteiger partial charge in [-0.2, -0.15) is 0 Å². The summed E-state index contributed by atoms with van der Waals surface area (Å²) in [6, 6.07) is 0. The maximum atomic E-state index is 13.8. The lowest BCUT2D eigenvalue weighted by Gasteiger charge is -2.68. The van der Waals surface area contributed by atoms with Crippen LogP contribution in [0, 0.1) is 45.3 Å². The molecule has 4 aliphatic rings. The molecular formula is C27H44O4. The van der Waals surface area contributed by atoms with Crippen molar-refractivity contribution in [3.63, 3.8) is 0 Å². The molecule has 4 saturated carbocycles. The zero-order chi connectivity index (χ0) is 23.0. The van der Waals surface area contributed by atoms with Crippen LogP contribution in [0.1, 0.15) is 99.3 Å². The molecule has 8 atom stereocenters. The first kappa shape index (κ1) is 23.4. The van der Waals surface area contributed by atoms with Crippen molar-refractivity contribution in [1.29, 1.82) is 0 Å². The number of hydrogen-bond acceptors (Lipinski definition) is 4. The van der Waals surface area contributed by atoms with Crippen molar-refractivity contribution in [2.75, 3.05) is 6.61 Å². The largest absolute Gasteiger partial charge is 0.396 e. The van der Waals surface area contributed by atoms with Gasteiger partial charge in [0.2, 0.25) is 0 Å². The fraction of sp³-hybridized carbons (Fsp3) is 0.926. The minimum absolute atomic E-state index is 0.0194. The molecule has 0 radical (unpaired) electrons. The van der Waals surface area contributed by atoms with Gasteiger partial charge < -0.3 is 10.2 Å². The highest BCUT2D eigenvalue weighted by Crippen LogP contribution is 2.74. The van der Waals surface area contributed by atoms with E-state index in [9.17, 15) is 19.8 Å². The Morgan fingerprint density at radius 1 is 0.968 bits per heavy atom. The zero-order valence-electron chi connectivity index (χ0n) is 20.6. The maximum Gasteiger partial charge on any atom is 0.138 e. The molecular weight excluding hydrogens is 388 g/mol. The molecule has 4 heteroatoms. The van der Waals surface area contributed by atoms with E-state index in [1.807, 2.05) is 6.92 Å². The van der Waals surface area contributed by atoms with Crippen molar-refractivity contribution in [3.8, 4) is 0 Å². The van der Waals surface area contributed by atoms with Crippen LogP contribution in [-0.4, -0.2) is 34.0 Å². The van der Waals surface area contributed by atoms with Gasteiger partial charge in [0, 0.05) is 30.8 Å². The van der Waals surface area contributed by atoms with Gasteiger partial charge in [0.05, 0.1) is 5.60 Å². The first-order valence-electron chi connectivity index (χ1n) is 12.6. The molecule has 4 aliphatic carbocycles. The van der Waals surface area contributed by atoms with Gasteiger partial charge in [0.25, 0.3) is 0 Å². The van der Waals surface area contributed by atoms with Gasteiger partial charge >= 0.3 is 0 Å². The van der Waals surface area contributed by atoms with Crippen LogP contribution in [0.2, 0.25) is 0 Å². The van der Waals surface area contributed by atoms with Crippen molar-refractivity contribution in [1.82, 2.24) is 0 Å². The minimum Gasteiger partial charge on any atom is -0.396 e. The third kappa shape index (κ3) is 2.99. The van der Waals surface area contributed by atoms with Gasteiger partial charge in [-0.3, -0.25) is 9.59 Å².